The van der Waals surface area contributed by atoms with Gasteiger partial charge in [-0.05, 0) is 50.6 Å². The maximum Gasteiger partial charge on any atom is 0.257 e. The van der Waals surface area contributed by atoms with Gasteiger partial charge < -0.3 is 9.64 Å². The van der Waals surface area contributed by atoms with Crippen molar-refractivity contribution in [3.8, 4) is 5.75 Å². The van der Waals surface area contributed by atoms with Crippen molar-refractivity contribution in [2.75, 3.05) is 45.9 Å². The quantitative estimate of drug-likeness (QED) is 0.642. The number of rotatable bonds is 7. The van der Waals surface area contributed by atoms with Crippen molar-refractivity contribution < 1.29 is 9.53 Å². The zero-order valence-corrected chi connectivity index (χ0v) is 20.4. The van der Waals surface area contributed by atoms with E-state index in [9.17, 15) is 4.79 Å². The van der Waals surface area contributed by atoms with Crippen LogP contribution in [0.15, 0.2) is 47.6 Å². The highest BCUT2D eigenvalue weighted by atomic mass is 16.5. The fourth-order valence-corrected chi connectivity index (χ4v) is 4.78. The molecule has 2 aromatic rings. The Hall–Kier alpha value is -2.70. The van der Waals surface area contributed by atoms with Gasteiger partial charge in [-0.3, -0.25) is 9.69 Å². The predicted octanol–water partition coefficient (Wildman–Crippen LogP) is 4.02. The molecule has 2 aromatic carbocycles. The summed E-state index contributed by atoms with van der Waals surface area (Å²) in [6.45, 7) is 14.4. The number of benzene rings is 2. The van der Waals surface area contributed by atoms with Gasteiger partial charge in [0, 0.05) is 38.2 Å². The molecule has 2 aliphatic rings. The van der Waals surface area contributed by atoms with Crippen molar-refractivity contribution in [3.05, 3.63) is 64.7 Å². The smallest absolute Gasteiger partial charge is 0.257 e. The minimum absolute atomic E-state index is 0.0681. The van der Waals surface area contributed by atoms with Crippen molar-refractivity contribution in [3.63, 3.8) is 0 Å². The first kappa shape index (κ1) is 23.5. The zero-order chi connectivity index (χ0) is 23.4. The molecule has 33 heavy (non-hydrogen) atoms. The summed E-state index contributed by atoms with van der Waals surface area (Å²) >= 11 is 0. The fourth-order valence-electron chi connectivity index (χ4n) is 4.78. The number of hydrazone groups is 1. The van der Waals surface area contributed by atoms with Crippen LogP contribution in [-0.4, -0.2) is 72.3 Å². The highest BCUT2D eigenvalue weighted by molar-refractivity contribution is 6.04. The molecule has 0 aromatic heterocycles. The lowest BCUT2D eigenvalue weighted by molar-refractivity contribution is -0.134. The van der Waals surface area contributed by atoms with Crippen LogP contribution in [0.5, 0.6) is 5.75 Å². The van der Waals surface area contributed by atoms with Crippen LogP contribution in [0.3, 0.4) is 0 Å². The molecule has 1 atom stereocenters. The molecule has 2 heterocycles. The van der Waals surface area contributed by atoms with Crippen molar-refractivity contribution >= 4 is 11.6 Å². The second-order valence-electron chi connectivity index (χ2n) is 9.04. The molecule has 176 valence electrons. The first-order chi connectivity index (χ1) is 16.0. The third-order valence-electron chi connectivity index (χ3n) is 6.71. The number of amides is 1. The molecule has 0 radical (unpaired) electrons. The van der Waals surface area contributed by atoms with Crippen LogP contribution in [0.25, 0.3) is 0 Å². The maximum absolute atomic E-state index is 13.5. The second-order valence-corrected chi connectivity index (χ2v) is 9.04. The van der Waals surface area contributed by atoms with Crippen LogP contribution in [0.1, 0.15) is 48.6 Å². The molecule has 2 aliphatic heterocycles. The minimum atomic E-state index is -0.0965. The van der Waals surface area contributed by atoms with Crippen molar-refractivity contribution in [1.82, 2.24) is 14.8 Å². The highest BCUT2D eigenvalue weighted by Gasteiger charge is 2.34. The van der Waals surface area contributed by atoms with Crippen LogP contribution >= 0.6 is 0 Å². The Kier molecular flexibility index (Phi) is 7.46. The van der Waals surface area contributed by atoms with E-state index >= 15 is 0 Å². The molecule has 1 amide bonds. The number of aryl methyl sites for hydroxylation is 2. The van der Waals surface area contributed by atoms with Crippen molar-refractivity contribution in [2.24, 2.45) is 5.10 Å². The number of likely N-dealkylation sites (N-methyl/N-ethyl adjacent to an activating group) is 1. The van der Waals surface area contributed by atoms with Crippen LogP contribution in [0.4, 0.5) is 0 Å². The average molecular weight is 449 g/mol. The molecule has 0 bridgehead atoms. The van der Waals surface area contributed by atoms with Crippen molar-refractivity contribution in [2.45, 2.75) is 40.2 Å². The molecule has 0 aliphatic carbocycles. The van der Waals surface area contributed by atoms with E-state index in [-0.39, 0.29) is 11.9 Å². The third-order valence-corrected chi connectivity index (χ3v) is 6.71. The summed E-state index contributed by atoms with van der Waals surface area (Å²) in [5, 5.41) is 6.63. The van der Waals surface area contributed by atoms with Crippen LogP contribution in [-0.2, 0) is 4.79 Å². The van der Waals surface area contributed by atoms with Gasteiger partial charge in [0.2, 0.25) is 0 Å². The molecule has 6 nitrogen and oxygen atoms in total. The van der Waals surface area contributed by atoms with E-state index in [4.69, 9.17) is 9.84 Å². The lowest BCUT2D eigenvalue weighted by Crippen LogP contribution is -2.49. The number of carbonyl (C=O) groups is 1. The number of nitrogens with zero attached hydrogens (tertiary/aromatic N) is 4. The first-order valence-corrected chi connectivity index (χ1v) is 12.1. The van der Waals surface area contributed by atoms with Gasteiger partial charge in [-0.15, -0.1) is 0 Å². The van der Waals surface area contributed by atoms with E-state index < -0.39 is 0 Å². The summed E-state index contributed by atoms with van der Waals surface area (Å²) in [7, 11) is 0. The van der Waals surface area contributed by atoms with E-state index in [1.807, 2.05) is 19.1 Å². The Morgan fingerprint density at radius 3 is 2.33 bits per heavy atom. The molecule has 6 heteroatoms. The minimum Gasteiger partial charge on any atom is -0.494 e. The molecule has 0 unspecified atom stereocenters. The summed E-state index contributed by atoms with van der Waals surface area (Å²) in [5.74, 6) is 0.917. The van der Waals surface area contributed by atoms with E-state index in [2.05, 4.69) is 60.9 Å². The number of piperazine rings is 1. The number of carbonyl (C=O) groups excluding carboxylic acids is 1. The monoisotopic (exact) mass is 448 g/mol. The normalized spacial score (nSPS) is 19.6. The van der Waals surface area contributed by atoms with E-state index in [1.54, 1.807) is 5.01 Å². The summed E-state index contributed by atoms with van der Waals surface area (Å²) < 4.78 is 5.61. The molecular weight excluding hydrogens is 412 g/mol. The average Bonchev–Trinajstić information content (AvgIpc) is 3.25. The van der Waals surface area contributed by atoms with Crippen LogP contribution in [0.2, 0.25) is 0 Å². The van der Waals surface area contributed by atoms with Gasteiger partial charge in [0.05, 0.1) is 24.9 Å². The van der Waals surface area contributed by atoms with Gasteiger partial charge in [-0.1, -0.05) is 42.8 Å². The van der Waals surface area contributed by atoms with E-state index in [1.165, 1.54) is 11.1 Å². The van der Waals surface area contributed by atoms with Gasteiger partial charge in [-0.25, -0.2) is 5.01 Å². The second kappa shape index (κ2) is 10.5. The standard InChI is InChI=1S/C27H36N4O2/c1-5-29-13-15-30(16-14-29)19-27(32)31-26(22-8-10-23(11-9-22)33-6-2)18-25(28-31)24-12-7-20(3)17-21(24)4/h7-12,17,26H,5-6,13-16,18-19H2,1-4H3/t26-/m1/s1. The zero-order valence-electron chi connectivity index (χ0n) is 20.4. The summed E-state index contributed by atoms with van der Waals surface area (Å²) in [5.41, 5.74) is 5.63. The fraction of sp³-hybridized carbons (Fsp3) is 0.481. The Labute approximate surface area is 197 Å². The molecule has 0 spiro atoms. The van der Waals surface area contributed by atoms with Gasteiger partial charge in [0.25, 0.3) is 5.91 Å². The van der Waals surface area contributed by atoms with Crippen LogP contribution < -0.4 is 4.74 Å². The summed E-state index contributed by atoms with van der Waals surface area (Å²) in [4.78, 5) is 18.2. The van der Waals surface area contributed by atoms with Gasteiger partial charge in [-0.2, -0.15) is 5.10 Å². The molecule has 0 N–H and O–H groups in total. The SMILES string of the molecule is CCOc1ccc([C@H]2CC(c3ccc(C)cc3C)=NN2C(=O)CN2CCN(CC)CC2)cc1. The summed E-state index contributed by atoms with van der Waals surface area (Å²) in [6, 6.07) is 14.4. The summed E-state index contributed by atoms with van der Waals surface area (Å²) in [6.07, 6.45) is 0.716. The number of hydrogen-bond donors (Lipinski definition) is 0. The Bertz CT molecular complexity index is 994. The van der Waals surface area contributed by atoms with E-state index in [0.29, 0.717) is 19.6 Å². The van der Waals surface area contributed by atoms with Gasteiger partial charge in [0.15, 0.2) is 0 Å². The lowest BCUT2D eigenvalue weighted by atomic mass is 9.95. The number of hydrogen-bond acceptors (Lipinski definition) is 5. The molecule has 4 rings (SSSR count). The molecule has 0 saturated carbocycles. The van der Waals surface area contributed by atoms with Gasteiger partial charge in [0.1, 0.15) is 5.75 Å². The van der Waals surface area contributed by atoms with Crippen LogP contribution in [0, 0.1) is 13.8 Å². The van der Waals surface area contributed by atoms with Crippen molar-refractivity contribution in [1.29, 1.82) is 0 Å². The topological polar surface area (TPSA) is 48.4 Å². The molecule has 1 fully saturated rings. The predicted molar refractivity (Wildman–Crippen MR) is 133 cm³/mol. The van der Waals surface area contributed by atoms with Gasteiger partial charge >= 0.3 is 0 Å². The first-order valence-electron chi connectivity index (χ1n) is 12.1. The largest absolute Gasteiger partial charge is 0.494 e. The highest BCUT2D eigenvalue weighted by Crippen LogP contribution is 2.34. The number of ether oxygens (including phenoxy) is 1. The molecule has 1 saturated heterocycles. The Morgan fingerprint density at radius 2 is 1.70 bits per heavy atom. The maximum atomic E-state index is 13.5. The Balaban J connectivity index is 1.57. The third kappa shape index (κ3) is 5.45. The lowest BCUT2D eigenvalue weighted by Gasteiger charge is -2.34. The molecular formula is C27H36N4O2. The van der Waals surface area contributed by atoms with E-state index in [0.717, 1.165) is 55.3 Å². The Morgan fingerprint density at radius 1 is 1.00 bits per heavy atom.